The van der Waals surface area contributed by atoms with E-state index in [2.05, 4.69) is 37.1 Å². The standard InChI is InChI=1S/C22H23N7O/c1-15-6-7-16(13-23-15)26-22(30)18-17-5-3-4-8-29(17)21-19(18)20(24-14-25-21)28-11-9-27(2)10-12-28/h3-8,13-14H,9-12H2,1-2H3,(H,26,30). The lowest BCUT2D eigenvalue weighted by molar-refractivity contribution is 0.102. The Balaban J connectivity index is 1.66. The van der Waals surface area contributed by atoms with Gasteiger partial charge in [-0.25, -0.2) is 9.97 Å². The molecule has 8 nitrogen and oxygen atoms in total. The molecule has 152 valence electrons. The highest BCUT2D eigenvalue weighted by Gasteiger charge is 2.26. The topological polar surface area (TPSA) is 78.7 Å². The maximum absolute atomic E-state index is 13.4. The maximum Gasteiger partial charge on any atom is 0.258 e. The number of aryl methyl sites for hydroxylation is 1. The molecule has 1 aliphatic rings. The lowest BCUT2D eigenvalue weighted by Gasteiger charge is -2.33. The second-order valence-corrected chi connectivity index (χ2v) is 7.66. The van der Waals surface area contributed by atoms with Gasteiger partial charge < -0.3 is 19.5 Å². The smallest absolute Gasteiger partial charge is 0.258 e. The molecule has 0 bridgehead atoms. The van der Waals surface area contributed by atoms with Crippen molar-refractivity contribution in [1.82, 2.24) is 24.3 Å². The summed E-state index contributed by atoms with van der Waals surface area (Å²) in [7, 11) is 2.12. The van der Waals surface area contributed by atoms with Crippen LogP contribution in [-0.4, -0.2) is 63.4 Å². The summed E-state index contributed by atoms with van der Waals surface area (Å²) in [6.07, 6.45) is 5.19. The van der Waals surface area contributed by atoms with Crippen LogP contribution in [0.4, 0.5) is 11.5 Å². The minimum absolute atomic E-state index is 0.190. The van der Waals surface area contributed by atoms with E-state index in [1.165, 1.54) is 0 Å². The quantitative estimate of drug-likeness (QED) is 0.569. The zero-order valence-electron chi connectivity index (χ0n) is 17.0. The molecular formula is C22H23N7O. The molecule has 0 radical (unpaired) electrons. The van der Waals surface area contributed by atoms with Crippen LogP contribution in [0.5, 0.6) is 0 Å². The molecule has 4 aromatic heterocycles. The molecule has 0 unspecified atom stereocenters. The number of rotatable bonds is 3. The third-order valence-electron chi connectivity index (χ3n) is 5.60. The van der Waals surface area contributed by atoms with Crippen LogP contribution in [0.1, 0.15) is 16.1 Å². The van der Waals surface area contributed by atoms with Gasteiger partial charge >= 0.3 is 0 Å². The highest BCUT2D eigenvalue weighted by Crippen LogP contribution is 2.32. The van der Waals surface area contributed by atoms with Crippen LogP contribution in [0.25, 0.3) is 16.6 Å². The van der Waals surface area contributed by atoms with Crippen LogP contribution < -0.4 is 10.2 Å². The summed E-state index contributed by atoms with van der Waals surface area (Å²) in [4.78, 5) is 31.4. The fourth-order valence-electron chi connectivity index (χ4n) is 3.96. The molecule has 1 N–H and O–H groups in total. The van der Waals surface area contributed by atoms with Gasteiger partial charge in [0.1, 0.15) is 12.1 Å². The van der Waals surface area contributed by atoms with E-state index in [9.17, 15) is 4.79 Å². The van der Waals surface area contributed by atoms with Crippen molar-refractivity contribution in [2.24, 2.45) is 0 Å². The summed E-state index contributed by atoms with van der Waals surface area (Å²) in [5.74, 6) is 0.619. The first kappa shape index (κ1) is 18.5. The first-order valence-electron chi connectivity index (χ1n) is 10.0. The van der Waals surface area contributed by atoms with Crippen molar-refractivity contribution in [2.75, 3.05) is 43.4 Å². The summed E-state index contributed by atoms with van der Waals surface area (Å²) in [5.41, 5.74) is 3.69. The van der Waals surface area contributed by atoms with E-state index in [0.29, 0.717) is 11.3 Å². The number of anilines is 2. The van der Waals surface area contributed by atoms with Crippen molar-refractivity contribution in [3.8, 4) is 0 Å². The van der Waals surface area contributed by atoms with Gasteiger partial charge in [0, 0.05) is 38.1 Å². The van der Waals surface area contributed by atoms with Gasteiger partial charge in [0.25, 0.3) is 5.91 Å². The van der Waals surface area contributed by atoms with E-state index in [-0.39, 0.29) is 5.91 Å². The summed E-state index contributed by atoms with van der Waals surface area (Å²) in [6.45, 7) is 5.54. The lowest BCUT2D eigenvalue weighted by atomic mass is 10.1. The summed E-state index contributed by atoms with van der Waals surface area (Å²) >= 11 is 0. The van der Waals surface area contributed by atoms with Crippen molar-refractivity contribution in [2.45, 2.75) is 6.92 Å². The van der Waals surface area contributed by atoms with Gasteiger partial charge in [-0.1, -0.05) is 6.07 Å². The van der Waals surface area contributed by atoms with Gasteiger partial charge in [0.15, 0.2) is 5.65 Å². The van der Waals surface area contributed by atoms with E-state index in [1.54, 1.807) is 12.5 Å². The summed E-state index contributed by atoms with van der Waals surface area (Å²) < 4.78 is 1.96. The molecule has 4 aromatic rings. The minimum atomic E-state index is -0.190. The van der Waals surface area contributed by atoms with Crippen LogP contribution in [0.2, 0.25) is 0 Å². The Kier molecular flexibility index (Phi) is 4.55. The molecule has 0 atom stereocenters. The Bertz CT molecular complexity index is 1220. The fraction of sp³-hybridized carbons (Fsp3) is 0.273. The Morgan fingerprint density at radius 3 is 2.63 bits per heavy atom. The SMILES string of the molecule is Cc1ccc(NC(=O)c2c3c(N4CCN(C)CC4)ncnc3n3ccccc23)cn1. The monoisotopic (exact) mass is 401 g/mol. The molecule has 5 rings (SSSR count). The summed E-state index contributed by atoms with van der Waals surface area (Å²) in [5, 5.41) is 3.78. The van der Waals surface area contributed by atoms with Crippen LogP contribution in [0.3, 0.4) is 0 Å². The first-order valence-corrected chi connectivity index (χ1v) is 10.0. The zero-order valence-corrected chi connectivity index (χ0v) is 17.0. The molecule has 0 spiro atoms. The van der Waals surface area contributed by atoms with Gasteiger partial charge in [-0.2, -0.15) is 0 Å². The minimum Gasteiger partial charge on any atom is -0.353 e. The molecule has 0 saturated carbocycles. The maximum atomic E-state index is 13.4. The first-order chi connectivity index (χ1) is 14.6. The number of hydrogen-bond acceptors (Lipinski definition) is 6. The van der Waals surface area contributed by atoms with Crippen LogP contribution in [0, 0.1) is 6.92 Å². The number of fused-ring (bicyclic) bond motifs is 3. The number of carbonyl (C=O) groups is 1. The largest absolute Gasteiger partial charge is 0.353 e. The molecule has 8 heteroatoms. The molecule has 1 fully saturated rings. The van der Waals surface area contributed by atoms with Crippen molar-refractivity contribution in [1.29, 1.82) is 0 Å². The number of amides is 1. The van der Waals surface area contributed by atoms with E-state index in [1.807, 2.05) is 47.9 Å². The normalized spacial score (nSPS) is 15.1. The van der Waals surface area contributed by atoms with Crippen LogP contribution in [-0.2, 0) is 0 Å². The van der Waals surface area contributed by atoms with Gasteiger partial charge in [-0.05, 0) is 38.2 Å². The van der Waals surface area contributed by atoms with Crippen LogP contribution in [0.15, 0.2) is 49.1 Å². The van der Waals surface area contributed by atoms with Crippen molar-refractivity contribution in [3.05, 3.63) is 60.3 Å². The van der Waals surface area contributed by atoms with Crippen LogP contribution >= 0.6 is 0 Å². The second-order valence-electron chi connectivity index (χ2n) is 7.66. The van der Waals surface area contributed by atoms with E-state index < -0.39 is 0 Å². The average Bonchev–Trinajstić information content (AvgIpc) is 3.11. The molecule has 5 heterocycles. The molecule has 1 aliphatic heterocycles. The van der Waals surface area contributed by atoms with Gasteiger partial charge in [-0.15, -0.1) is 0 Å². The number of likely N-dealkylation sites (N-methyl/N-ethyl adjacent to an activating group) is 1. The number of aromatic nitrogens is 4. The second kappa shape index (κ2) is 7.38. The number of nitrogens with one attached hydrogen (secondary N) is 1. The number of carbonyl (C=O) groups excluding carboxylic acids is 1. The molecule has 1 amide bonds. The highest BCUT2D eigenvalue weighted by atomic mass is 16.1. The van der Waals surface area contributed by atoms with E-state index >= 15 is 0 Å². The van der Waals surface area contributed by atoms with E-state index in [0.717, 1.165) is 54.2 Å². The predicted octanol–water partition coefficient (Wildman–Crippen LogP) is 2.59. The molecule has 0 aliphatic carbocycles. The average molecular weight is 401 g/mol. The zero-order chi connectivity index (χ0) is 20.7. The van der Waals surface area contributed by atoms with Crippen molar-refractivity contribution >= 4 is 34.0 Å². The number of hydrogen-bond donors (Lipinski definition) is 1. The summed E-state index contributed by atoms with van der Waals surface area (Å²) in [6, 6.07) is 9.55. The lowest BCUT2D eigenvalue weighted by Crippen LogP contribution is -2.45. The Labute approximate surface area is 174 Å². The Morgan fingerprint density at radius 1 is 1.03 bits per heavy atom. The van der Waals surface area contributed by atoms with E-state index in [4.69, 9.17) is 0 Å². The Hall–Kier alpha value is -3.52. The van der Waals surface area contributed by atoms with Crippen molar-refractivity contribution < 1.29 is 4.79 Å². The fourth-order valence-corrected chi connectivity index (χ4v) is 3.96. The van der Waals surface area contributed by atoms with Crippen molar-refractivity contribution in [3.63, 3.8) is 0 Å². The highest BCUT2D eigenvalue weighted by molar-refractivity contribution is 6.20. The molecule has 0 aromatic carbocycles. The number of nitrogens with zero attached hydrogens (tertiary/aromatic N) is 6. The number of pyridine rings is 2. The molecule has 1 saturated heterocycles. The Morgan fingerprint density at radius 2 is 1.87 bits per heavy atom. The predicted molar refractivity (Wildman–Crippen MR) is 117 cm³/mol. The number of piperazine rings is 1. The third-order valence-corrected chi connectivity index (χ3v) is 5.60. The van der Waals surface area contributed by atoms with Gasteiger partial charge in [0.2, 0.25) is 0 Å². The van der Waals surface area contributed by atoms with Gasteiger partial charge in [0.05, 0.1) is 28.4 Å². The molecule has 30 heavy (non-hydrogen) atoms. The third kappa shape index (κ3) is 3.15. The van der Waals surface area contributed by atoms with Gasteiger partial charge in [-0.3, -0.25) is 9.78 Å². The molecular weight excluding hydrogens is 378 g/mol.